The second-order valence-corrected chi connectivity index (χ2v) is 4.76. The molecule has 3 nitrogen and oxygen atoms in total. The summed E-state index contributed by atoms with van der Waals surface area (Å²) in [6.07, 6.45) is 2.07. The number of fused-ring (bicyclic) bond motifs is 1. The van der Waals surface area contributed by atoms with E-state index in [1.54, 1.807) is 23.9 Å². The summed E-state index contributed by atoms with van der Waals surface area (Å²) >= 11 is 1.77. The number of carboxylic acid groups (broad SMARTS) is 1. The third-order valence-corrected chi connectivity index (χ3v) is 3.43. The first-order valence-corrected chi connectivity index (χ1v) is 6.91. The SMILES string of the molecule is CCn1c(CSC)cc2ccc(C(=O)O)cc21. The molecule has 0 amide bonds. The Labute approximate surface area is 104 Å². The maximum absolute atomic E-state index is 11.0. The van der Waals surface area contributed by atoms with E-state index in [1.165, 1.54) is 5.69 Å². The number of thioether (sulfide) groups is 1. The highest BCUT2D eigenvalue weighted by molar-refractivity contribution is 7.97. The van der Waals surface area contributed by atoms with Gasteiger partial charge in [-0.15, -0.1) is 0 Å². The zero-order chi connectivity index (χ0) is 12.4. The lowest BCUT2D eigenvalue weighted by atomic mass is 10.1. The number of hydrogen-bond donors (Lipinski definition) is 1. The zero-order valence-corrected chi connectivity index (χ0v) is 10.8. The van der Waals surface area contributed by atoms with Crippen LogP contribution in [0.4, 0.5) is 0 Å². The van der Waals surface area contributed by atoms with Gasteiger partial charge in [0, 0.05) is 23.5 Å². The third-order valence-electron chi connectivity index (χ3n) is 2.85. The van der Waals surface area contributed by atoms with E-state index in [0.717, 1.165) is 23.2 Å². The third kappa shape index (κ3) is 2.17. The highest BCUT2D eigenvalue weighted by Gasteiger charge is 2.10. The van der Waals surface area contributed by atoms with Crippen molar-refractivity contribution < 1.29 is 9.90 Å². The van der Waals surface area contributed by atoms with Crippen LogP contribution in [0, 0.1) is 0 Å². The van der Waals surface area contributed by atoms with Gasteiger partial charge in [0.05, 0.1) is 5.56 Å². The van der Waals surface area contributed by atoms with E-state index in [2.05, 4.69) is 23.8 Å². The summed E-state index contributed by atoms with van der Waals surface area (Å²) in [4.78, 5) is 11.0. The van der Waals surface area contributed by atoms with Gasteiger partial charge in [0.1, 0.15) is 0 Å². The van der Waals surface area contributed by atoms with Crippen LogP contribution < -0.4 is 0 Å². The van der Waals surface area contributed by atoms with Gasteiger partial charge >= 0.3 is 5.97 Å². The lowest BCUT2D eigenvalue weighted by Crippen LogP contribution is -2.00. The molecule has 0 aliphatic carbocycles. The first-order chi connectivity index (χ1) is 8.17. The van der Waals surface area contributed by atoms with Gasteiger partial charge in [-0.2, -0.15) is 11.8 Å². The van der Waals surface area contributed by atoms with Gasteiger partial charge in [0.2, 0.25) is 0 Å². The molecule has 0 saturated heterocycles. The fourth-order valence-electron chi connectivity index (χ4n) is 2.09. The monoisotopic (exact) mass is 249 g/mol. The van der Waals surface area contributed by atoms with Gasteiger partial charge in [-0.25, -0.2) is 4.79 Å². The molecule has 0 bridgehead atoms. The van der Waals surface area contributed by atoms with E-state index in [0.29, 0.717) is 5.56 Å². The van der Waals surface area contributed by atoms with Crippen molar-refractivity contribution in [3.8, 4) is 0 Å². The average molecular weight is 249 g/mol. The van der Waals surface area contributed by atoms with Crippen LogP contribution in [0.2, 0.25) is 0 Å². The highest BCUT2D eigenvalue weighted by atomic mass is 32.2. The Morgan fingerprint density at radius 1 is 1.41 bits per heavy atom. The molecule has 0 unspecified atom stereocenters. The molecule has 0 spiro atoms. The van der Waals surface area contributed by atoms with Gasteiger partial charge < -0.3 is 9.67 Å². The quantitative estimate of drug-likeness (QED) is 0.904. The van der Waals surface area contributed by atoms with Crippen LogP contribution in [-0.2, 0) is 12.3 Å². The van der Waals surface area contributed by atoms with Crippen molar-refractivity contribution in [1.82, 2.24) is 4.57 Å². The number of nitrogens with zero attached hydrogens (tertiary/aromatic N) is 1. The molecule has 0 aliphatic heterocycles. The molecule has 4 heteroatoms. The molecule has 1 heterocycles. The number of benzene rings is 1. The molecular weight excluding hydrogens is 234 g/mol. The van der Waals surface area contributed by atoms with Gasteiger partial charge in [-0.1, -0.05) is 6.07 Å². The van der Waals surface area contributed by atoms with Crippen LogP contribution in [-0.4, -0.2) is 21.9 Å². The maximum Gasteiger partial charge on any atom is 0.335 e. The molecule has 1 N–H and O–H groups in total. The van der Waals surface area contributed by atoms with Crippen molar-refractivity contribution in [2.45, 2.75) is 19.2 Å². The summed E-state index contributed by atoms with van der Waals surface area (Å²) in [6, 6.07) is 7.44. The fraction of sp³-hybridized carbons (Fsp3) is 0.308. The molecule has 2 rings (SSSR count). The van der Waals surface area contributed by atoms with E-state index in [4.69, 9.17) is 5.11 Å². The minimum atomic E-state index is -0.873. The Balaban J connectivity index is 2.62. The van der Waals surface area contributed by atoms with Crippen molar-refractivity contribution in [3.05, 3.63) is 35.5 Å². The molecule has 2 aromatic rings. The summed E-state index contributed by atoms with van der Waals surface area (Å²) in [5, 5.41) is 10.1. The molecule has 17 heavy (non-hydrogen) atoms. The minimum absolute atomic E-state index is 0.348. The molecule has 0 saturated carbocycles. The van der Waals surface area contributed by atoms with Crippen molar-refractivity contribution in [2.24, 2.45) is 0 Å². The van der Waals surface area contributed by atoms with Crippen LogP contribution >= 0.6 is 11.8 Å². The zero-order valence-electron chi connectivity index (χ0n) is 9.93. The second-order valence-electron chi connectivity index (χ2n) is 3.89. The number of aromatic carboxylic acids is 1. The molecule has 1 aromatic carbocycles. The number of hydrogen-bond acceptors (Lipinski definition) is 2. The van der Waals surface area contributed by atoms with Crippen LogP contribution in [0.15, 0.2) is 24.3 Å². The number of carboxylic acids is 1. The maximum atomic E-state index is 11.0. The normalized spacial score (nSPS) is 10.9. The van der Waals surface area contributed by atoms with Crippen LogP contribution in [0.1, 0.15) is 23.0 Å². The summed E-state index contributed by atoms with van der Waals surface area (Å²) in [6.45, 7) is 2.94. The second kappa shape index (κ2) is 4.84. The average Bonchev–Trinajstić information content (AvgIpc) is 2.65. The first-order valence-electron chi connectivity index (χ1n) is 5.51. The van der Waals surface area contributed by atoms with Crippen molar-refractivity contribution in [3.63, 3.8) is 0 Å². The standard InChI is InChI=1S/C13H15NO2S/c1-3-14-11(8-17-2)6-9-4-5-10(13(15)16)7-12(9)14/h4-7H,3,8H2,1-2H3,(H,15,16). The predicted molar refractivity (Wildman–Crippen MR) is 71.8 cm³/mol. The van der Waals surface area contributed by atoms with Gasteiger partial charge in [-0.05, 0) is 36.8 Å². The largest absolute Gasteiger partial charge is 0.478 e. The number of aryl methyl sites for hydroxylation is 1. The Morgan fingerprint density at radius 2 is 2.18 bits per heavy atom. The molecule has 0 aliphatic rings. The lowest BCUT2D eigenvalue weighted by molar-refractivity contribution is 0.0697. The summed E-state index contributed by atoms with van der Waals surface area (Å²) in [5.41, 5.74) is 2.61. The van der Waals surface area contributed by atoms with E-state index in [-0.39, 0.29) is 0 Å². The molecule has 1 aromatic heterocycles. The Hall–Kier alpha value is -1.42. The van der Waals surface area contributed by atoms with Crippen LogP contribution in [0.5, 0.6) is 0 Å². The lowest BCUT2D eigenvalue weighted by Gasteiger charge is -2.06. The number of carbonyl (C=O) groups is 1. The van der Waals surface area contributed by atoms with E-state index >= 15 is 0 Å². The minimum Gasteiger partial charge on any atom is -0.478 e. The molecule has 0 atom stereocenters. The van der Waals surface area contributed by atoms with Gasteiger partial charge in [0.25, 0.3) is 0 Å². The van der Waals surface area contributed by atoms with Gasteiger partial charge in [-0.3, -0.25) is 0 Å². The van der Waals surface area contributed by atoms with Crippen LogP contribution in [0.25, 0.3) is 10.9 Å². The topological polar surface area (TPSA) is 42.2 Å². The predicted octanol–water partition coefficient (Wildman–Crippen LogP) is 3.22. The highest BCUT2D eigenvalue weighted by Crippen LogP contribution is 2.23. The molecule has 0 radical (unpaired) electrons. The summed E-state index contributed by atoms with van der Waals surface area (Å²) < 4.78 is 2.18. The Bertz CT molecular complexity index is 560. The van der Waals surface area contributed by atoms with Gasteiger partial charge in [0.15, 0.2) is 0 Å². The molecule has 0 fully saturated rings. The smallest absolute Gasteiger partial charge is 0.335 e. The summed E-state index contributed by atoms with van der Waals surface area (Å²) in [5.74, 6) is 0.0763. The fourth-order valence-corrected chi connectivity index (χ4v) is 2.62. The molecular formula is C13H15NO2S. The Kier molecular flexibility index (Phi) is 3.43. The summed E-state index contributed by atoms with van der Waals surface area (Å²) in [7, 11) is 0. The van der Waals surface area contributed by atoms with Crippen molar-refractivity contribution in [1.29, 1.82) is 0 Å². The first kappa shape index (κ1) is 12.0. The number of rotatable bonds is 4. The van der Waals surface area contributed by atoms with E-state index < -0.39 is 5.97 Å². The molecule has 90 valence electrons. The Morgan fingerprint density at radius 3 is 2.76 bits per heavy atom. The van der Waals surface area contributed by atoms with E-state index in [9.17, 15) is 4.79 Å². The van der Waals surface area contributed by atoms with Crippen LogP contribution in [0.3, 0.4) is 0 Å². The van der Waals surface area contributed by atoms with Crippen molar-refractivity contribution in [2.75, 3.05) is 6.26 Å². The van der Waals surface area contributed by atoms with Crippen molar-refractivity contribution >= 4 is 28.6 Å². The number of aromatic nitrogens is 1. The van der Waals surface area contributed by atoms with E-state index in [1.807, 2.05) is 6.07 Å².